The molecule has 2 rings (SSSR count). The Morgan fingerprint density at radius 2 is 2.00 bits per heavy atom. The average Bonchev–Trinajstić information content (AvgIpc) is 2.82. The number of carbonyl (C=O) groups excluding carboxylic acids is 1. The first-order valence-electron chi connectivity index (χ1n) is 7.07. The molecule has 1 heterocycles. The van der Waals surface area contributed by atoms with Crippen LogP contribution in [0.15, 0.2) is 24.3 Å². The molecule has 1 aromatic carbocycles. The fourth-order valence-electron chi connectivity index (χ4n) is 2.51. The molecule has 1 aliphatic heterocycles. The summed E-state index contributed by atoms with van der Waals surface area (Å²) in [6, 6.07) is 7.90. The molecule has 0 N–H and O–H groups in total. The van der Waals surface area contributed by atoms with Crippen molar-refractivity contribution in [1.82, 2.24) is 0 Å². The Hall–Kier alpha value is -1.31. The van der Waals surface area contributed by atoms with Gasteiger partial charge in [-0.3, -0.25) is 4.79 Å². The number of unbranched alkanes of at least 4 members (excludes halogenated alkanes) is 4. The van der Waals surface area contributed by atoms with Gasteiger partial charge in [-0.15, -0.1) is 0 Å². The number of Topliss-reactive ketones (excluding diaryl/α,β-unsaturated/α-hetero) is 1. The summed E-state index contributed by atoms with van der Waals surface area (Å²) in [4.78, 5) is 12.2. The van der Waals surface area contributed by atoms with Gasteiger partial charge < -0.3 is 4.74 Å². The van der Waals surface area contributed by atoms with Gasteiger partial charge >= 0.3 is 0 Å². The minimum atomic E-state index is -0.0209. The minimum absolute atomic E-state index is 0.0209. The van der Waals surface area contributed by atoms with Gasteiger partial charge in [0.1, 0.15) is 18.1 Å². The first-order valence-corrected chi connectivity index (χ1v) is 7.07. The lowest BCUT2D eigenvalue weighted by Gasteiger charge is -2.07. The Labute approximate surface area is 109 Å². The maximum absolute atomic E-state index is 12.2. The van der Waals surface area contributed by atoms with Crippen LogP contribution < -0.4 is 4.74 Å². The van der Waals surface area contributed by atoms with Gasteiger partial charge in [0, 0.05) is 12.0 Å². The molecule has 0 saturated carbocycles. The van der Waals surface area contributed by atoms with E-state index in [2.05, 4.69) is 6.92 Å². The number of ether oxygens (including phenoxy) is 1. The van der Waals surface area contributed by atoms with E-state index in [0.717, 1.165) is 17.7 Å². The highest BCUT2D eigenvalue weighted by molar-refractivity contribution is 5.87. The fourth-order valence-corrected chi connectivity index (χ4v) is 2.51. The molecular weight excluding hydrogens is 224 g/mol. The first kappa shape index (κ1) is 13.1. The van der Waals surface area contributed by atoms with E-state index in [4.69, 9.17) is 4.74 Å². The molecule has 1 atom stereocenters. The number of hydrogen-bond acceptors (Lipinski definition) is 2. The van der Waals surface area contributed by atoms with E-state index in [-0.39, 0.29) is 5.92 Å². The maximum Gasteiger partial charge on any atom is 0.143 e. The van der Waals surface area contributed by atoms with Crippen LogP contribution in [0.1, 0.15) is 56.9 Å². The Morgan fingerprint density at radius 1 is 1.22 bits per heavy atom. The zero-order valence-electron chi connectivity index (χ0n) is 11.2. The highest BCUT2D eigenvalue weighted by Gasteiger charge is 2.28. The van der Waals surface area contributed by atoms with Crippen molar-refractivity contribution in [2.45, 2.75) is 51.4 Å². The smallest absolute Gasteiger partial charge is 0.143 e. The highest BCUT2D eigenvalue weighted by atomic mass is 16.5. The van der Waals surface area contributed by atoms with Crippen LogP contribution >= 0.6 is 0 Å². The average molecular weight is 246 g/mol. The molecule has 1 unspecified atom stereocenters. The molecule has 0 radical (unpaired) electrons. The summed E-state index contributed by atoms with van der Waals surface area (Å²) >= 11 is 0. The molecule has 0 saturated heterocycles. The molecule has 1 aromatic rings. The number of para-hydroxylation sites is 1. The second-order valence-electron chi connectivity index (χ2n) is 5.03. The van der Waals surface area contributed by atoms with Gasteiger partial charge in [-0.2, -0.15) is 0 Å². The summed E-state index contributed by atoms with van der Waals surface area (Å²) in [6.07, 6.45) is 6.68. The van der Waals surface area contributed by atoms with Gasteiger partial charge in [0.25, 0.3) is 0 Å². The van der Waals surface area contributed by atoms with Gasteiger partial charge in [-0.05, 0) is 12.5 Å². The summed E-state index contributed by atoms with van der Waals surface area (Å²) < 4.78 is 5.56. The molecule has 0 aliphatic carbocycles. The van der Waals surface area contributed by atoms with Gasteiger partial charge in [0.2, 0.25) is 0 Å². The van der Waals surface area contributed by atoms with Gasteiger partial charge in [-0.25, -0.2) is 0 Å². The van der Waals surface area contributed by atoms with Crippen LogP contribution in [0.25, 0.3) is 0 Å². The van der Waals surface area contributed by atoms with Crippen LogP contribution in [0.4, 0.5) is 0 Å². The Bertz CT molecular complexity index is 398. The first-order chi connectivity index (χ1) is 8.83. The second kappa shape index (κ2) is 6.58. The third kappa shape index (κ3) is 3.12. The summed E-state index contributed by atoms with van der Waals surface area (Å²) in [6.45, 7) is 2.74. The van der Waals surface area contributed by atoms with E-state index in [9.17, 15) is 4.79 Å². The summed E-state index contributed by atoms with van der Waals surface area (Å²) in [5.74, 6) is 1.21. The van der Waals surface area contributed by atoms with Crippen molar-refractivity contribution in [1.29, 1.82) is 0 Å². The predicted octanol–water partition coefficient (Wildman–Crippen LogP) is 4.09. The van der Waals surface area contributed by atoms with Crippen LogP contribution in [0.5, 0.6) is 5.75 Å². The van der Waals surface area contributed by atoms with Crippen molar-refractivity contribution in [3.63, 3.8) is 0 Å². The van der Waals surface area contributed by atoms with Crippen LogP contribution in [0.2, 0.25) is 0 Å². The lowest BCUT2D eigenvalue weighted by atomic mass is 9.93. The molecule has 0 spiro atoms. The minimum Gasteiger partial charge on any atom is -0.492 e. The molecular formula is C16H22O2. The number of rotatable bonds is 7. The van der Waals surface area contributed by atoms with Crippen LogP contribution in [-0.2, 0) is 4.79 Å². The summed E-state index contributed by atoms with van der Waals surface area (Å²) in [5, 5.41) is 0. The number of carbonyl (C=O) groups is 1. The van der Waals surface area contributed by atoms with Crippen LogP contribution in [0, 0.1) is 0 Å². The monoisotopic (exact) mass is 246 g/mol. The van der Waals surface area contributed by atoms with Gasteiger partial charge in [-0.1, -0.05) is 50.8 Å². The third-order valence-corrected chi connectivity index (χ3v) is 3.62. The van der Waals surface area contributed by atoms with E-state index >= 15 is 0 Å². The normalized spacial score (nSPS) is 17.3. The van der Waals surface area contributed by atoms with E-state index < -0.39 is 0 Å². The number of hydrogen-bond donors (Lipinski definition) is 0. The molecule has 0 fully saturated rings. The number of ketones is 1. The molecule has 0 aromatic heterocycles. The Kier molecular flexibility index (Phi) is 4.80. The predicted molar refractivity (Wildman–Crippen MR) is 73.1 cm³/mol. The summed E-state index contributed by atoms with van der Waals surface area (Å²) in [7, 11) is 0. The highest BCUT2D eigenvalue weighted by Crippen LogP contribution is 2.34. The number of benzene rings is 1. The standard InChI is InChI=1S/C16H22O2/c1-2-3-4-5-6-10-15(17)14-12-18-16-11-8-7-9-13(14)16/h7-9,11,14H,2-6,10,12H2,1H3. The number of fused-ring (bicyclic) bond motifs is 1. The molecule has 0 bridgehead atoms. The van der Waals surface area contributed by atoms with Crippen molar-refractivity contribution in [2.75, 3.05) is 6.61 Å². The topological polar surface area (TPSA) is 26.3 Å². The third-order valence-electron chi connectivity index (χ3n) is 3.62. The van der Waals surface area contributed by atoms with Crippen LogP contribution in [0.3, 0.4) is 0 Å². The molecule has 2 heteroatoms. The zero-order valence-corrected chi connectivity index (χ0v) is 11.2. The van der Waals surface area contributed by atoms with E-state index in [1.165, 1.54) is 25.7 Å². The van der Waals surface area contributed by atoms with Gasteiger partial charge in [0.15, 0.2) is 0 Å². The quantitative estimate of drug-likeness (QED) is 0.677. The Morgan fingerprint density at radius 3 is 2.83 bits per heavy atom. The second-order valence-corrected chi connectivity index (χ2v) is 5.03. The van der Waals surface area contributed by atoms with E-state index in [0.29, 0.717) is 18.8 Å². The molecule has 98 valence electrons. The van der Waals surface area contributed by atoms with Crippen molar-refractivity contribution in [3.05, 3.63) is 29.8 Å². The van der Waals surface area contributed by atoms with E-state index in [1.54, 1.807) is 0 Å². The van der Waals surface area contributed by atoms with E-state index in [1.807, 2.05) is 24.3 Å². The van der Waals surface area contributed by atoms with Crippen molar-refractivity contribution in [3.8, 4) is 5.75 Å². The zero-order chi connectivity index (χ0) is 12.8. The lowest BCUT2D eigenvalue weighted by molar-refractivity contribution is -0.120. The van der Waals surface area contributed by atoms with Crippen molar-refractivity contribution in [2.24, 2.45) is 0 Å². The van der Waals surface area contributed by atoms with Crippen molar-refractivity contribution < 1.29 is 9.53 Å². The summed E-state index contributed by atoms with van der Waals surface area (Å²) in [5.41, 5.74) is 1.08. The largest absolute Gasteiger partial charge is 0.492 e. The molecule has 2 nitrogen and oxygen atoms in total. The Balaban J connectivity index is 1.80. The SMILES string of the molecule is CCCCCCCC(=O)C1COc2ccccc21. The maximum atomic E-state index is 12.2. The molecule has 18 heavy (non-hydrogen) atoms. The molecule has 1 aliphatic rings. The van der Waals surface area contributed by atoms with Crippen LogP contribution in [-0.4, -0.2) is 12.4 Å². The fraction of sp³-hybridized carbons (Fsp3) is 0.562. The molecule has 0 amide bonds. The lowest BCUT2D eigenvalue weighted by Crippen LogP contribution is -2.13. The van der Waals surface area contributed by atoms with Gasteiger partial charge in [0.05, 0.1) is 5.92 Å². The van der Waals surface area contributed by atoms with Crippen molar-refractivity contribution >= 4 is 5.78 Å².